The Morgan fingerprint density at radius 3 is 3.00 bits per heavy atom. The van der Waals surface area contributed by atoms with Gasteiger partial charge in [0.05, 0.1) is 5.00 Å². The average molecular weight is 204 g/mol. The van der Waals surface area contributed by atoms with E-state index in [1.54, 1.807) is 0 Å². The molecular weight excluding hydrogens is 194 g/mol. The zero-order valence-electron chi connectivity index (χ0n) is 6.76. The van der Waals surface area contributed by atoms with Gasteiger partial charge < -0.3 is 5.32 Å². The topological polar surface area (TPSA) is 29.1 Å². The van der Waals surface area contributed by atoms with Gasteiger partial charge in [0.1, 0.15) is 0 Å². The lowest BCUT2D eigenvalue weighted by atomic mass is 10.3. The summed E-state index contributed by atoms with van der Waals surface area (Å²) in [5, 5.41) is 5.66. The van der Waals surface area contributed by atoms with Gasteiger partial charge in [0.25, 0.3) is 0 Å². The van der Waals surface area contributed by atoms with Gasteiger partial charge in [0.2, 0.25) is 5.91 Å². The molecule has 0 aliphatic rings. The fourth-order valence-electron chi connectivity index (χ4n) is 0.776. The number of anilines is 1. The van der Waals surface area contributed by atoms with Crippen molar-refractivity contribution in [2.75, 3.05) is 11.2 Å². The Balaban J connectivity index is 2.52. The molecule has 0 unspecified atom stereocenters. The van der Waals surface area contributed by atoms with Crippen LogP contribution in [0, 0.1) is 6.92 Å². The highest BCUT2D eigenvalue weighted by Crippen LogP contribution is 2.21. The number of hydrogen-bond donors (Lipinski definition) is 1. The molecule has 0 spiro atoms. The number of carbonyl (C=O) groups is 1. The monoisotopic (exact) mass is 203 g/mol. The number of hydrogen-bond acceptors (Lipinski definition) is 2. The van der Waals surface area contributed by atoms with E-state index in [0.717, 1.165) is 10.6 Å². The molecule has 1 amide bonds. The van der Waals surface area contributed by atoms with E-state index >= 15 is 0 Å². The molecule has 0 aromatic carbocycles. The molecule has 1 N–H and O–H groups in total. The lowest BCUT2D eigenvalue weighted by Crippen LogP contribution is -2.11. The highest BCUT2D eigenvalue weighted by Gasteiger charge is 2.03. The molecular formula is C8H10ClNOS. The van der Waals surface area contributed by atoms with Crippen LogP contribution in [0.25, 0.3) is 0 Å². The summed E-state index contributed by atoms with van der Waals surface area (Å²) >= 11 is 6.95. The molecule has 0 saturated carbocycles. The smallest absolute Gasteiger partial charge is 0.226 e. The molecule has 0 saturated heterocycles. The van der Waals surface area contributed by atoms with Gasteiger partial charge in [-0.1, -0.05) is 0 Å². The molecule has 0 radical (unpaired) electrons. The minimum absolute atomic E-state index is 0.0180. The summed E-state index contributed by atoms with van der Waals surface area (Å²) in [5.41, 5.74) is 1.10. The summed E-state index contributed by atoms with van der Waals surface area (Å²) in [4.78, 5) is 11.1. The van der Waals surface area contributed by atoms with Crippen molar-refractivity contribution in [1.82, 2.24) is 0 Å². The molecule has 1 rings (SSSR count). The van der Waals surface area contributed by atoms with Crippen molar-refractivity contribution in [1.29, 1.82) is 0 Å². The minimum Gasteiger partial charge on any atom is -0.317 e. The molecule has 0 aliphatic carbocycles. The predicted molar refractivity (Wildman–Crippen MR) is 53.0 cm³/mol. The largest absolute Gasteiger partial charge is 0.317 e. The van der Waals surface area contributed by atoms with E-state index in [1.165, 1.54) is 11.3 Å². The quantitative estimate of drug-likeness (QED) is 0.752. The van der Waals surface area contributed by atoms with Crippen LogP contribution in [0.4, 0.5) is 5.00 Å². The number of thiophene rings is 1. The second-order valence-corrected chi connectivity index (χ2v) is 3.71. The van der Waals surface area contributed by atoms with Gasteiger partial charge in [0, 0.05) is 12.3 Å². The molecule has 12 heavy (non-hydrogen) atoms. The lowest BCUT2D eigenvalue weighted by molar-refractivity contribution is -0.115. The number of rotatable bonds is 3. The zero-order valence-corrected chi connectivity index (χ0v) is 8.34. The Hall–Kier alpha value is -0.540. The standard InChI is InChI=1S/C8H10ClNOS/c1-6-3-5-12-8(6)10-7(11)2-4-9/h3,5H,2,4H2,1H3,(H,10,11). The molecule has 2 nitrogen and oxygen atoms in total. The van der Waals surface area contributed by atoms with Crippen LogP contribution in [-0.2, 0) is 4.79 Å². The molecule has 1 aromatic heterocycles. The first-order chi connectivity index (χ1) is 5.74. The summed E-state index contributed by atoms with van der Waals surface area (Å²) < 4.78 is 0. The van der Waals surface area contributed by atoms with E-state index in [0.29, 0.717) is 12.3 Å². The summed E-state index contributed by atoms with van der Waals surface area (Å²) in [6.45, 7) is 1.97. The molecule has 0 fully saturated rings. The number of alkyl halides is 1. The highest BCUT2D eigenvalue weighted by molar-refractivity contribution is 7.14. The molecule has 66 valence electrons. The zero-order chi connectivity index (χ0) is 8.97. The van der Waals surface area contributed by atoms with Crippen LogP contribution < -0.4 is 5.32 Å². The Kier molecular flexibility index (Phi) is 3.56. The van der Waals surface area contributed by atoms with Gasteiger partial charge in [-0.2, -0.15) is 0 Å². The lowest BCUT2D eigenvalue weighted by Gasteiger charge is -2.00. The van der Waals surface area contributed by atoms with Crippen molar-refractivity contribution in [3.05, 3.63) is 17.0 Å². The second kappa shape index (κ2) is 4.48. The third-order valence-electron chi connectivity index (χ3n) is 1.44. The Morgan fingerprint density at radius 2 is 2.50 bits per heavy atom. The Bertz CT molecular complexity index is 272. The Labute approximate surface area is 80.5 Å². The maximum Gasteiger partial charge on any atom is 0.226 e. The van der Waals surface area contributed by atoms with E-state index in [-0.39, 0.29) is 5.91 Å². The molecule has 0 aliphatic heterocycles. The minimum atomic E-state index is -0.0180. The number of aryl methyl sites for hydroxylation is 1. The van der Waals surface area contributed by atoms with Crippen molar-refractivity contribution in [2.45, 2.75) is 13.3 Å². The second-order valence-electron chi connectivity index (χ2n) is 2.42. The van der Waals surface area contributed by atoms with E-state index in [2.05, 4.69) is 5.32 Å². The first-order valence-electron chi connectivity index (χ1n) is 3.64. The van der Waals surface area contributed by atoms with Gasteiger partial charge >= 0.3 is 0 Å². The maximum atomic E-state index is 11.1. The van der Waals surface area contributed by atoms with Crippen molar-refractivity contribution in [3.63, 3.8) is 0 Å². The van der Waals surface area contributed by atoms with Gasteiger partial charge in [0.15, 0.2) is 0 Å². The van der Waals surface area contributed by atoms with E-state index < -0.39 is 0 Å². The molecule has 1 heterocycles. The predicted octanol–water partition coefficient (Wildman–Crippen LogP) is 2.62. The molecule has 0 atom stereocenters. The van der Waals surface area contributed by atoms with Crippen LogP contribution in [0.3, 0.4) is 0 Å². The van der Waals surface area contributed by atoms with Crippen LogP contribution in [0.5, 0.6) is 0 Å². The summed E-state index contributed by atoms with van der Waals surface area (Å²) in [5.74, 6) is 0.353. The van der Waals surface area contributed by atoms with Crippen LogP contribution in [0.2, 0.25) is 0 Å². The van der Waals surface area contributed by atoms with E-state index in [4.69, 9.17) is 11.6 Å². The first-order valence-corrected chi connectivity index (χ1v) is 5.05. The van der Waals surface area contributed by atoms with Crippen LogP contribution in [-0.4, -0.2) is 11.8 Å². The highest BCUT2D eigenvalue weighted by atomic mass is 35.5. The normalized spacial score (nSPS) is 9.83. The van der Waals surface area contributed by atoms with Gasteiger partial charge in [-0.3, -0.25) is 4.79 Å². The first kappa shape index (κ1) is 9.55. The SMILES string of the molecule is Cc1ccsc1NC(=O)CCCl. The van der Waals surface area contributed by atoms with Crippen LogP contribution in [0.15, 0.2) is 11.4 Å². The summed E-state index contributed by atoms with van der Waals surface area (Å²) in [7, 11) is 0. The average Bonchev–Trinajstić information content (AvgIpc) is 2.37. The molecule has 0 bridgehead atoms. The van der Waals surface area contributed by atoms with Crippen molar-refractivity contribution >= 4 is 33.8 Å². The van der Waals surface area contributed by atoms with Gasteiger partial charge in [-0.15, -0.1) is 22.9 Å². The molecule has 1 aromatic rings. The number of nitrogens with one attached hydrogen (secondary N) is 1. The summed E-state index contributed by atoms with van der Waals surface area (Å²) in [6.07, 6.45) is 0.374. The van der Waals surface area contributed by atoms with E-state index in [9.17, 15) is 4.79 Å². The fourth-order valence-corrected chi connectivity index (χ4v) is 1.78. The third-order valence-corrected chi connectivity index (χ3v) is 2.56. The maximum absolute atomic E-state index is 11.1. The van der Waals surface area contributed by atoms with Gasteiger partial charge in [-0.25, -0.2) is 0 Å². The number of carbonyl (C=O) groups excluding carboxylic acids is 1. The summed E-state index contributed by atoms with van der Waals surface area (Å²) in [6, 6.07) is 1.97. The van der Waals surface area contributed by atoms with E-state index in [1.807, 2.05) is 18.4 Å². The van der Waals surface area contributed by atoms with Crippen molar-refractivity contribution < 1.29 is 4.79 Å². The fraction of sp³-hybridized carbons (Fsp3) is 0.375. The molecule has 4 heteroatoms. The van der Waals surface area contributed by atoms with Crippen LogP contribution >= 0.6 is 22.9 Å². The van der Waals surface area contributed by atoms with Crippen LogP contribution in [0.1, 0.15) is 12.0 Å². The number of halogens is 1. The van der Waals surface area contributed by atoms with Crippen molar-refractivity contribution in [2.24, 2.45) is 0 Å². The number of amides is 1. The third kappa shape index (κ3) is 2.50. The Morgan fingerprint density at radius 1 is 1.75 bits per heavy atom. The van der Waals surface area contributed by atoms with Gasteiger partial charge in [-0.05, 0) is 23.9 Å². The van der Waals surface area contributed by atoms with Crippen molar-refractivity contribution in [3.8, 4) is 0 Å².